The van der Waals surface area contributed by atoms with Gasteiger partial charge in [-0.1, -0.05) is 18.2 Å². The van der Waals surface area contributed by atoms with E-state index < -0.39 is 34.4 Å². The van der Waals surface area contributed by atoms with Crippen molar-refractivity contribution in [1.82, 2.24) is 14.9 Å². The molecule has 1 aromatic carbocycles. The molecule has 2 aromatic heterocycles. The molecule has 184 valence electrons. The van der Waals surface area contributed by atoms with Gasteiger partial charge in [-0.05, 0) is 36.6 Å². The second-order valence-electron chi connectivity index (χ2n) is 8.26. The number of aryl methyl sites for hydroxylation is 1. The number of nitrogens with one attached hydrogen (secondary N) is 1. The fraction of sp³-hybridized carbons (Fsp3) is 0.200. The van der Waals surface area contributed by atoms with Crippen molar-refractivity contribution in [3.8, 4) is 0 Å². The number of aliphatic hydroxyl groups excluding tert-OH is 1. The van der Waals surface area contributed by atoms with Crippen LogP contribution in [0.15, 0.2) is 54.4 Å². The molecule has 11 heteroatoms. The maximum absolute atomic E-state index is 13.3. The molecule has 0 spiro atoms. The van der Waals surface area contributed by atoms with Gasteiger partial charge in [0.1, 0.15) is 11.5 Å². The van der Waals surface area contributed by atoms with Crippen LogP contribution in [0.3, 0.4) is 0 Å². The molecule has 3 heterocycles. The number of nitro benzene ring substituents is 1. The minimum Gasteiger partial charge on any atom is -0.507 e. The van der Waals surface area contributed by atoms with Gasteiger partial charge in [0, 0.05) is 42.3 Å². The highest BCUT2D eigenvalue weighted by Gasteiger charge is 2.47. The average molecular weight is 490 g/mol. The molecule has 2 N–H and O–H groups in total. The SMILES string of the molecule is COC(=O)c1[nH]c(C)c(/C(O)=C2\C(=O)C(=O)N(Cc3cccnc3)[C@@H]2c2cccc([N+](=O)[O-])c2)c1C. The van der Waals surface area contributed by atoms with Crippen molar-refractivity contribution < 1.29 is 29.2 Å². The molecule has 36 heavy (non-hydrogen) atoms. The van der Waals surface area contributed by atoms with E-state index in [0.29, 0.717) is 16.8 Å². The quantitative estimate of drug-likeness (QED) is 0.133. The van der Waals surface area contributed by atoms with Gasteiger partial charge in [0.2, 0.25) is 0 Å². The molecular weight excluding hydrogens is 468 g/mol. The molecule has 1 amide bonds. The molecule has 1 aliphatic rings. The van der Waals surface area contributed by atoms with E-state index in [1.165, 1.54) is 36.4 Å². The molecule has 1 saturated heterocycles. The van der Waals surface area contributed by atoms with Crippen molar-refractivity contribution in [3.05, 3.63) is 98.1 Å². The zero-order chi connectivity index (χ0) is 26.1. The largest absolute Gasteiger partial charge is 0.507 e. The number of methoxy groups -OCH3 is 1. The van der Waals surface area contributed by atoms with Gasteiger partial charge in [0.15, 0.2) is 0 Å². The van der Waals surface area contributed by atoms with Gasteiger partial charge >= 0.3 is 5.97 Å². The van der Waals surface area contributed by atoms with Crippen LogP contribution < -0.4 is 0 Å². The zero-order valence-electron chi connectivity index (χ0n) is 19.6. The lowest BCUT2D eigenvalue weighted by Gasteiger charge is -2.25. The molecule has 1 fully saturated rings. The van der Waals surface area contributed by atoms with E-state index in [4.69, 9.17) is 4.74 Å². The number of carbonyl (C=O) groups is 3. The number of ether oxygens (including phenoxy) is 1. The van der Waals surface area contributed by atoms with Crippen LogP contribution in [0.25, 0.3) is 5.76 Å². The third-order valence-corrected chi connectivity index (χ3v) is 6.08. The van der Waals surface area contributed by atoms with Crippen LogP contribution in [-0.4, -0.2) is 49.7 Å². The lowest BCUT2D eigenvalue weighted by Crippen LogP contribution is -2.29. The fourth-order valence-electron chi connectivity index (χ4n) is 4.43. The summed E-state index contributed by atoms with van der Waals surface area (Å²) in [6, 6.07) is 7.82. The molecule has 0 saturated carbocycles. The van der Waals surface area contributed by atoms with Crippen LogP contribution >= 0.6 is 0 Å². The number of hydrogen-bond acceptors (Lipinski definition) is 8. The van der Waals surface area contributed by atoms with Crippen LogP contribution in [0.5, 0.6) is 0 Å². The Bertz CT molecular complexity index is 1430. The Hall–Kier alpha value is -4.80. The summed E-state index contributed by atoms with van der Waals surface area (Å²) < 4.78 is 4.77. The Kier molecular flexibility index (Phi) is 6.39. The van der Waals surface area contributed by atoms with Gasteiger partial charge in [-0.2, -0.15) is 0 Å². The summed E-state index contributed by atoms with van der Waals surface area (Å²) >= 11 is 0. The number of H-pyrrole nitrogens is 1. The minimum absolute atomic E-state index is 0.0267. The van der Waals surface area contributed by atoms with Gasteiger partial charge in [0.05, 0.1) is 23.6 Å². The van der Waals surface area contributed by atoms with E-state index in [0.717, 1.165) is 0 Å². The summed E-state index contributed by atoms with van der Waals surface area (Å²) in [5.74, 6) is -3.00. The molecule has 11 nitrogen and oxygen atoms in total. The Morgan fingerprint density at radius 3 is 2.64 bits per heavy atom. The maximum Gasteiger partial charge on any atom is 0.354 e. The molecule has 0 bridgehead atoms. The number of pyridine rings is 1. The Morgan fingerprint density at radius 2 is 2.00 bits per heavy atom. The number of likely N-dealkylation sites (tertiary alicyclic amines) is 1. The van der Waals surface area contributed by atoms with Crippen molar-refractivity contribution in [1.29, 1.82) is 0 Å². The zero-order valence-corrected chi connectivity index (χ0v) is 19.6. The highest BCUT2D eigenvalue weighted by atomic mass is 16.6. The lowest BCUT2D eigenvalue weighted by atomic mass is 9.93. The number of nitrogens with zero attached hydrogens (tertiary/aromatic N) is 3. The first kappa shape index (κ1) is 24.3. The number of hydrogen-bond donors (Lipinski definition) is 2. The molecular formula is C25H22N4O7. The van der Waals surface area contributed by atoms with Crippen molar-refractivity contribution in [2.24, 2.45) is 0 Å². The summed E-state index contributed by atoms with van der Waals surface area (Å²) in [7, 11) is 1.21. The summed E-state index contributed by atoms with van der Waals surface area (Å²) in [5.41, 5.74) is 1.38. The summed E-state index contributed by atoms with van der Waals surface area (Å²) in [6.45, 7) is 3.14. The van der Waals surface area contributed by atoms with Crippen molar-refractivity contribution in [3.63, 3.8) is 0 Å². The van der Waals surface area contributed by atoms with Crippen molar-refractivity contribution >= 4 is 29.1 Å². The molecule has 3 aromatic rings. The summed E-state index contributed by atoms with van der Waals surface area (Å²) in [6.07, 6.45) is 3.10. The van der Waals surface area contributed by atoms with E-state index >= 15 is 0 Å². The molecule has 0 unspecified atom stereocenters. The molecule has 0 aliphatic carbocycles. The number of rotatable bonds is 6. The number of aromatic nitrogens is 2. The molecule has 1 aliphatic heterocycles. The van der Waals surface area contributed by atoms with Crippen LogP contribution in [0, 0.1) is 24.0 Å². The Morgan fingerprint density at radius 1 is 1.25 bits per heavy atom. The second-order valence-corrected chi connectivity index (χ2v) is 8.26. The highest BCUT2D eigenvalue weighted by Crippen LogP contribution is 2.42. The smallest absolute Gasteiger partial charge is 0.354 e. The van der Waals surface area contributed by atoms with E-state index in [-0.39, 0.29) is 34.6 Å². The van der Waals surface area contributed by atoms with Crippen molar-refractivity contribution in [2.45, 2.75) is 26.4 Å². The third-order valence-electron chi connectivity index (χ3n) is 6.08. The van der Waals surface area contributed by atoms with Gasteiger partial charge < -0.3 is 19.7 Å². The molecule has 0 radical (unpaired) electrons. The van der Waals surface area contributed by atoms with Crippen LogP contribution in [-0.2, 0) is 20.9 Å². The topological polar surface area (TPSA) is 156 Å². The number of Topliss-reactive ketones (excluding diaryl/α,β-unsaturated/α-hetero) is 1. The molecule has 4 rings (SSSR count). The number of carbonyl (C=O) groups excluding carboxylic acids is 3. The number of non-ortho nitro benzene ring substituents is 1. The first-order valence-electron chi connectivity index (χ1n) is 10.8. The predicted octanol–water partition coefficient (Wildman–Crippen LogP) is 3.34. The normalized spacial score (nSPS) is 16.9. The maximum atomic E-state index is 13.3. The number of benzene rings is 1. The second kappa shape index (κ2) is 9.45. The number of aliphatic hydroxyl groups is 1. The first-order valence-corrected chi connectivity index (χ1v) is 10.8. The van der Waals surface area contributed by atoms with Crippen molar-refractivity contribution in [2.75, 3.05) is 7.11 Å². The Balaban J connectivity index is 1.94. The average Bonchev–Trinajstić information content (AvgIpc) is 3.31. The Labute approximate surface area is 205 Å². The van der Waals surface area contributed by atoms with E-state index in [1.54, 1.807) is 38.2 Å². The summed E-state index contributed by atoms with van der Waals surface area (Å²) in [5, 5.41) is 22.8. The van der Waals surface area contributed by atoms with E-state index in [9.17, 15) is 29.6 Å². The van der Waals surface area contributed by atoms with Gasteiger partial charge in [0.25, 0.3) is 17.4 Å². The number of amides is 1. The van der Waals surface area contributed by atoms with E-state index in [2.05, 4.69) is 9.97 Å². The van der Waals surface area contributed by atoms with Crippen LogP contribution in [0.4, 0.5) is 5.69 Å². The highest BCUT2D eigenvalue weighted by molar-refractivity contribution is 6.46. The third kappa shape index (κ3) is 4.11. The van der Waals surface area contributed by atoms with E-state index in [1.807, 2.05) is 0 Å². The fourth-order valence-corrected chi connectivity index (χ4v) is 4.43. The van der Waals surface area contributed by atoms with Gasteiger partial charge in [-0.3, -0.25) is 24.7 Å². The number of esters is 1. The first-order chi connectivity index (χ1) is 17.1. The van der Waals surface area contributed by atoms with Gasteiger partial charge in [-0.25, -0.2) is 4.79 Å². The number of nitro groups is 1. The van der Waals surface area contributed by atoms with Crippen LogP contribution in [0.2, 0.25) is 0 Å². The summed E-state index contributed by atoms with van der Waals surface area (Å²) in [4.78, 5) is 57.6. The number of aromatic amines is 1. The predicted molar refractivity (Wildman–Crippen MR) is 127 cm³/mol. The lowest BCUT2D eigenvalue weighted by molar-refractivity contribution is -0.384. The number of ketones is 1. The standard InChI is InChI=1S/C25H22N4O7/c1-13-18(14(2)27-20(13)25(33)36-3)22(30)19-21(16-7-4-8-17(10-16)29(34)35)28(24(32)23(19)31)12-15-6-5-9-26-11-15/h4-11,21,27,30H,12H2,1-3H3/b22-19+/t21-/m1/s1. The monoisotopic (exact) mass is 490 g/mol. The van der Waals surface area contributed by atoms with Gasteiger partial charge in [-0.15, -0.1) is 0 Å². The minimum atomic E-state index is -1.12. The van der Waals surface area contributed by atoms with Crippen LogP contribution in [0.1, 0.15) is 44.5 Å². The molecule has 1 atom stereocenters.